The fourth-order valence-electron chi connectivity index (χ4n) is 2.63. The van der Waals surface area contributed by atoms with Gasteiger partial charge in [-0.3, -0.25) is 4.90 Å². The molecule has 122 valence electrons. The molecule has 0 fully saturated rings. The van der Waals surface area contributed by atoms with E-state index in [0.717, 1.165) is 17.2 Å². The summed E-state index contributed by atoms with van der Waals surface area (Å²) in [6.45, 7) is 6.56. The lowest BCUT2D eigenvalue weighted by Crippen LogP contribution is -2.15. The topological polar surface area (TPSA) is 36.4 Å². The molecule has 24 heavy (non-hydrogen) atoms. The molecule has 0 spiro atoms. The van der Waals surface area contributed by atoms with E-state index in [-0.39, 0.29) is 11.2 Å². The Bertz CT molecular complexity index is 822. The van der Waals surface area contributed by atoms with E-state index in [1.165, 1.54) is 5.56 Å². The van der Waals surface area contributed by atoms with E-state index in [4.69, 9.17) is 0 Å². The predicted molar refractivity (Wildman–Crippen MR) is 99.3 cm³/mol. The van der Waals surface area contributed by atoms with Crippen molar-refractivity contribution in [3.8, 4) is 5.75 Å². The Hall–Kier alpha value is -2.81. The minimum Gasteiger partial charge on any atom is -0.508 e. The van der Waals surface area contributed by atoms with Gasteiger partial charge < -0.3 is 5.11 Å². The Kier molecular flexibility index (Phi) is 4.26. The average Bonchev–Trinajstić information content (AvgIpc) is 2.56. The van der Waals surface area contributed by atoms with Gasteiger partial charge in [0.1, 0.15) is 11.6 Å². The van der Waals surface area contributed by atoms with E-state index in [2.05, 4.69) is 42.8 Å². The van der Waals surface area contributed by atoms with Crippen molar-refractivity contribution in [2.75, 3.05) is 4.90 Å². The lowest BCUT2D eigenvalue weighted by atomic mass is 9.88. The van der Waals surface area contributed by atoms with Crippen LogP contribution in [0.25, 0.3) is 0 Å². The van der Waals surface area contributed by atoms with Gasteiger partial charge >= 0.3 is 0 Å². The number of aromatic hydroxyl groups is 1. The molecule has 3 rings (SSSR count). The van der Waals surface area contributed by atoms with Crippen molar-refractivity contribution in [2.45, 2.75) is 26.2 Å². The van der Waals surface area contributed by atoms with Gasteiger partial charge in [-0.05, 0) is 47.4 Å². The summed E-state index contributed by atoms with van der Waals surface area (Å²) in [6, 6.07) is 21.5. The van der Waals surface area contributed by atoms with Gasteiger partial charge in [0.25, 0.3) is 0 Å². The molecular formula is C21H22N2O. The van der Waals surface area contributed by atoms with E-state index in [1.54, 1.807) is 12.1 Å². The number of pyridine rings is 1. The molecule has 2 aromatic carbocycles. The first-order valence-corrected chi connectivity index (χ1v) is 8.06. The highest BCUT2D eigenvalue weighted by Gasteiger charge is 2.18. The van der Waals surface area contributed by atoms with Crippen LogP contribution in [0.2, 0.25) is 0 Å². The molecule has 3 aromatic rings. The van der Waals surface area contributed by atoms with E-state index < -0.39 is 0 Å². The lowest BCUT2D eigenvalue weighted by Gasteiger charge is -2.26. The predicted octanol–water partition coefficient (Wildman–Crippen LogP) is 5.55. The Morgan fingerprint density at radius 2 is 1.54 bits per heavy atom. The van der Waals surface area contributed by atoms with Crippen LogP contribution in [-0.4, -0.2) is 10.1 Å². The van der Waals surface area contributed by atoms with Crippen molar-refractivity contribution in [3.63, 3.8) is 0 Å². The van der Waals surface area contributed by atoms with Crippen LogP contribution in [0.3, 0.4) is 0 Å². The Morgan fingerprint density at radius 1 is 0.833 bits per heavy atom. The number of benzene rings is 2. The SMILES string of the molecule is CC(C)(C)c1ccnc(N(c2ccccc2)c2cccc(O)c2)c1. The van der Waals surface area contributed by atoms with Crippen LogP contribution in [0.4, 0.5) is 17.2 Å². The van der Waals surface area contributed by atoms with Crippen molar-refractivity contribution in [2.24, 2.45) is 0 Å². The van der Waals surface area contributed by atoms with Crippen molar-refractivity contribution in [1.29, 1.82) is 0 Å². The van der Waals surface area contributed by atoms with Crippen molar-refractivity contribution >= 4 is 17.2 Å². The minimum absolute atomic E-state index is 0.0406. The second-order valence-corrected chi connectivity index (χ2v) is 6.84. The van der Waals surface area contributed by atoms with Gasteiger partial charge in [-0.25, -0.2) is 4.98 Å². The maximum absolute atomic E-state index is 9.89. The Balaban J connectivity index is 2.16. The average molecular weight is 318 g/mol. The maximum atomic E-state index is 9.89. The third kappa shape index (κ3) is 3.40. The van der Waals surface area contributed by atoms with Crippen molar-refractivity contribution in [1.82, 2.24) is 4.98 Å². The molecule has 0 amide bonds. The molecule has 0 aliphatic carbocycles. The molecule has 0 radical (unpaired) electrons. The quantitative estimate of drug-likeness (QED) is 0.687. The molecule has 0 saturated carbocycles. The van der Waals surface area contributed by atoms with Gasteiger partial charge in [-0.1, -0.05) is 45.0 Å². The third-order valence-corrected chi connectivity index (χ3v) is 3.94. The molecule has 3 nitrogen and oxygen atoms in total. The fraction of sp³-hybridized carbons (Fsp3) is 0.190. The van der Waals surface area contributed by atoms with Gasteiger partial charge in [0.2, 0.25) is 0 Å². The highest BCUT2D eigenvalue weighted by atomic mass is 16.3. The van der Waals surface area contributed by atoms with Crippen molar-refractivity contribution < 1.29 is 5.11 Å². The summed E-state index contributed by atoms with van der Waals surface area (Å²) in [6.07, 6.45) is 1.84. The molecule has 0 aliphatic heterocycles. The van der Waals surface area contributed by atoms with Crippen LogP contribution in [0, 0.1) is 0 Å². The highest BCUT2D eigenvalue weighted by molar-refractivity contribution is 5.75. The van der Waals surface area contributed by atoms with Crippen LogP contribution in [0.1, 0.15) is 26.3 Å². The van der Waals surface area contributed by atoms with E-state index >= 15 is 0 Å². The number of phenolic OH excluding ortho intramolecular Hbond substituents is 1. The molecule has 1 N–H and O–H groups in total. The molecular weight excluding hydrogens is 296 g/mol. The van der Waals surface area contributed by atoms with Crippen molar-refractivity contribution in [3.05, 3.63) is 78.5 Å². The minimum atomic E-state index is 0.0406. The number of phenols is 1. The summed E-state index contributed by atoms with van der Waals surface area (Å²) in [5.74, 6) is 1.07. The standard InChI is InChI=1S/C21H22N2O/c1-21(2,3)16-12-13-22-20(14-16)23(17-8-5-4-6-9-17)18-10-7-11-19(24)15-18/h4-15,24H,1-3H3. The van der Waals surface area contributed by atoms with Gasteiger partial charge in [0, 0.05) is 18.0 Å². The highest BCUT2D eigenvalue weighted by Crippen LogP contribution is 2.36. The number of rotatable bonds is 3. The lowest BCUT2D eigenvalue weighted by molar-refractivity contribution is 0.475. The molecule has 1 aromatic heterocycles. The van der Waals surface area contributed by atoms with Gasteiger partial charge in [0.15, 0.2) is 0 Å². The molecule has 0 bridgehead atoms. The first-order valence-electron chi connectivity index (χ1n) is 8.06. The summed E-state index contributed by atoms with van der Waals surface area (Å²) >= 11 is 0. The number of para-hydroxylation sites is 1. The van der Waals surface area contributed by atoms with E-state index in [0.29, 0.717) is 0 Å². The van der Waals surface area contributed by atoms with Crippen LogP contribution >= 0.6 is 0 Å². The summed E-state index contributed by atoms with van der Waals surface area (Å²) in [7, 11) is 0. The fourth-order valence-corrected chi connectivity index (χ4v) is 2.63. The summed E-state index contributed by atoms with van der Waals surface area (Å²) in [4.78, 5) is 6.63. The first kappa shape index (κ1) is 16.1. The van der Waals surface area contributed by atoms with E-state index in [1.807, 2.05) is 48.7 Å². The first-order chi connectivity index (χ1) is 11.4. The van der Waals surface area contributed by atoms with Crippen LogP contribution in [-0.2, 0) is 5.41 Å². The molecule has 0 atom stereocenters. The smallest absolute Gasteiger partial charge is 0.137 e. The Labute approximate surface area is 143 Å². The van der Waals surface area contributed by atoms with Crippen LogP contribution in [0.15, 0.2) is 72.9 Å². The molecule has 3 heteroatoms. The summed E-state index contributed by atoms with van der Waals surface area (Å²) < 4.78 is 0. The number of anilines is 3. The molecule has 1 heterocycles. The normalized spacial score (nSPS) is 11.3. The number of hydrogen-bond acceptors (Lipinski definition) is 3. The zero-order valence-corrected chi connectivity index (χ0v) is 14.3. The maximum Gasteiger partial charge on any atom is 0.137 e. The van der Waals surface area contributed by atoms with Gasteiger partial charge in [-0.15, -0.1) is 0 Å². The Morgan fingerprint density at radius 3 is 2.21 bits per heavy atom. The number of aromatic nitrogens is 1. The van der Waals surface area contributed by atoms with Gasteiger partial charge in [-0.2, -0.15) is 0 Å². The molecule has 0 aliphatic rings. The van der Waals surface area contributed by atoms with Crippen LogP contribution in [0.5, 0.6) is 5.75 Å². The number of hydrogen-bond donors (Lipinski definition) is 1. The van der Waals surface area contributed by atoms with Crippen LogP contribution < -0.4 is 4.90 Å². The second kappa shape index (κ2) is 6.36. The second-order valence-electron chi connectivity index (χ2n) is 6.84. The third-order valence-electron chi connectivity index (χ3n) is 3.94. The zero-order chi connectivity index (χ0) is 17.2. The van der Waals surface area contributed by atoms with E-state index in [9.17, 15) is 5.11 Å². The molecule has 0 saturated heterocycles. The monoisotopic (exact) mass is 318 g/mol. The largest absolute Gasteiger partial charge is 0.508 e. The summed E-state index contributed by atoms with van der Waals surface area (Å²) in [5.41, 5.74) is 3.13. The number of nitrogens with zero attached hydrogens (tertiary/aromatic N) is 2. The zero-order valence-electron chi connectivity index (χ0n) is 14.3. The van der Waals surface area contributed by atoms with Gasteiger partial charge in [0.05, 0.1) is 5.69 Å². The molecule has 0 unspecified atom stereocenters. The summed E-state index contributed by atoms with van der Waals surface area (Å²) in [5, 5.41) is 9.89.